The Bertz CT molecular complexity index is 607. The third kappa shape index (κ3) is 5.79. The van der Waals surface area contributed by atoms with Crippen LogP contribution in [0.1, 0.15) is 19.8 Å². The number of carbonyl (C=O) groups excluding carboxylic acids is 4. The Morgan fingerprint density at radius 3 is 2.42 bits per heavy atom. The molecule has 0 saturated heterocycles. The van der Waals surface area contributed by atoms with Crippen LogP contribution in [-0.2, 0) is 19.2 Å². The van der Waals surface area contributed by atoms with Crippen LogP contribution in [-0.4, -0.2) is 71.2 Å². The number of primary amides is 2. The summed E-state index contributed by atoms with van der Waals surface area (Å²) >= 11 is 0. The van der Waals surface area contributed by atoms with Crippen LogP contribution < -0.4 is 27.4 Å². The van der Waals surface area contributed by atoms with Gasteiger partial charge in [0.2, 0.25) is 17.7 Å². The molecule has 1 aliphatic carbocycles. The predicted molar refractivity (Wildman–Crippen MR) is 88.9 cm³/mol. The van der Waals surface area contributed by atoms with Gasteiger partial charge in [-0.05, 0) is 6.92 Å². The Labute approximate surface area is 150 Å². The number of hydrogen-bond donors (Lipinski definition) is 7. The third-order valence-electron chi connectivity index (χ3n) is 4.14. The highest BCUT2D eigenvalue weighted by molar-refractivity contribution is 5.98. The second-order valence-corrected chi connectivity index (χ2v) is 6.21. The van der Waals surface area contributed by atoms with Gasteiger partial charge in [-0.25, -0.2) is 0 Å². The van der Waals surface area contributed by atoms with Crippen LogP contribution in [0.4, 0.5) is 0 Å². The number of aliphatic hydroxyl groups excluding tert-OH is 2. The number of hydrogen-bond acceptors (Lipinski definition) is 6. The fourth-order valence-electron chi connectivity index (χ4n) is 2.39. The molecule has 26 heavy (non-hydrogen) atoms. The van der Waals surface area contributed by atoms with E-state index >= 15 is 0 Å². The average molecular weight is 372 g/mol. The smallest absolute Gasteiger partial charge is 0.278 e. The standard InChI is InChI=1S/C15H25N5O6/c1-6(18-2)14(25)19-8-3-7(4-10(21)12(8)23)15(26)20-9(13(17)24)5-11(16)22/h3,6,8-10,12,18,21,23H,4-5H2,1-2H3,(H2,16,22)(H2,17,24)(H,19,25)(H,20,26)/p+1/t6-,8+,9+,10+,12+/m0/s1. The first-order valence-electron chi connectivity index (χ1n) is 8.12. The number of aliphatic hydroxyl groups is 2. The van der Waals surface area contributed by atoms with Crippen LogP contribution in [0.5, 0.6) is 0 Å². The summed E-state index contributed by atoms with van der Waals surface area (Å²) in [5.41, 5.74) is 10.2. The minimum absolute atomic E-state index is 0.0388. The molecular formula is C15H26N5O6+. The van der Waals surface area contributed by atoms with Crippen molar-refractivity contribution in [3.8, 4) is 0 Å². The summed E-state index contributed by atoms with van der Waals surface area (Å²) in [7, 11) is 1.70. The van der Waals surface area contributed by atoms with Crippen molar-refractivity contribution >= 4 is 23.6 Å². The van der Waals surface area contributed by atoms with E-state index in [2.05, 4.69) is 10.6 Å². The number of rotatable bonds is 8. The summed E-state index contributed by atoms with van der Waals surface area (Å²) in [6, 6.07) is -2.72. The minimum atomic E-state index is -1.30. The molecule has 0 fully saturated rings. The second kappa shape index (κ2) is 9.27. The maximum absolute atomic E-state index is 12.3. The monoisotopic (exact) mass is 372 g/mol. The summed E-state index contributed by atoms with van der Waals surface area (Å²) in [6.07, 6.45) is -1.96. The Hall–Kier alpha value is -2.50. The van der Waals surface area contributed by atoms with E-state index in [-0.39, 0.29) is 17.9 Å². The van der Waals surface area contributed by atoms with Gasteiger partial charge < -0.3 is 37.6 Å². The van der Waals surface area contributed by atoms with Crippen molar-refractivity contribution in [1.29, 1.82) is 0 Å². The van der Waals surface area contributed by atoms with Crippen molar-refractivity contribution in [2.45, 2.75) is 50.1 Å². The highest BCUT2D eigenvalue weighted by atomic mass is 16.3. The Balaban J connectivity index is 2.93. The largest absolute Gasteiger partial charge is 0.390 e. The van der Waals surface area contributed by atoms with Crippen molar-refractivity contribution in [1.82, 2.24) is 10.6 Å². The van der Waals surface area contributed by atoms with Gasteiger partial charge in [0.05, 0.1) is 25.6 Å². The van der Waals surface area contributed by atoms with Gasteiger partial charge in [0, 0.05) is 12.0 Å². The molecule has 1 rings (SSSR count). The lowest BCUT2D eigenvalue weighted by Crippen LogP contribution is -2.88. The summed E-state index contributed by atoms with van der Waals surface area (Å²) in [6.45, 7) is 1.65. The van der Waals surface area contributed by atoms with Gasteiger partial charge in [0.1, 0.15) is 12.1 Å². The molecule has 4 amide bonds. The Morgan fingerprint density at radius 1 is 1.31 bits per heavy atom. The van der Waals surface area contributed by atoms with Crippen LogP contribution in [0.2, 0.25) is 0 Å². The summed E-state index contributed by atoms with van der Waals surface area (Å²) in [5.74, 6) is -2.90. The molecule has 146 valence electrons. The van der Waals surface area contributed by atoms with Gasteiger partial charge >= 0.3 is 0 Å². The van der Waals surface area contributed by atoms with Gasteiger partial charge in [0.15, 0.2) is 6.04 Å². The quantitative estimate of drug-likeness (QED) is 0.222. The molecule has 10 N–H and O–H groups in total. The van der Waals surface area contributed by atoms with Crippen LogP contribution in [0, 0.1) is 0 Å². The number of likely N-dealkylation sites (N-methyl/N-ethyl adjacent to an activating group) is 1. The van der Waals surface area contributed by atoms with E-state index in [1.807, 2.05) is 0 Å². The van der Waals surface area contributed by atoms with E-state index in [9.17, 15) is 29.4 Å². The van der Waals surface area contributed by atoms with E-state index in [1.54, 1.807) is 19.3 Å². The summed E-state index contributed by atoms with van der Waals surface area (Å²) < 4.78 is 0. The number of carbonyl (C=O) groups is 4. The summed E-state index contributed by atoms with van der Waals surface area (Å²) in [5, 5.41) is 26.5. The molecule has 0 aromatic heterocycles. The molecule has 0 aliphatic heterocycles. The molecule has 11 nitrogen and oxygen atoms in total. The molecular weight excluding hydrogens is 346 g/mol. The maximum atomic E-state index is 12.3. The van der Waals surface area contributed by atoms with Gasteiger partial charge in [-0.15, -0.1) is 0 Å². The van der Waals surface area contributed by atoms with E-state index < -0.39 is 54.5 Å². The van der Waals surface area contributed by atoms with Crippen molar-refractivity contribution in [2.24, 2.45) is 11.5 Å². The van der Waals surface area contributed by atoms with E-state index in [0.717, 1.165) is 0 Å². The van der Waals surface area contributed by atoms with Crippen molar-refractivity contribution < 1.29 is 34.7 Å². The molecule has 0 saturated carbocycles. The number of nitrogens with two attached hydrogens (primary N) is 3. The normalized spacial score (nSPS) is 24.8. The number of nitrogens with one attached hydrogen (secondary N) is 2. The van der Waals surface area contributed by atoms with E-state index in [1.165, 1.54) is 6.08 Å². The van der Waals surface area contributed by atoms with Crippen LogP contribution in [0.15, 0.2) is 11.6 Å². The Morgan fingerprint density at radius 2 is 1.92 bits per heavy atom. The first-order valence-corrected chi connectivity index (χ1v) is 8.12. The zero-order valence-electron chi connectivity index (χ0n) is 14.6. The maximum Gasteiger partial charge on any atom is 0.278 e. The first kappa shape index (κ1) is 21.5. The lowest BCUT2D eigenvalue weighted by atomic mass is 9.89. The molecule has 0 unspecified atom stereocenters. The average Bonchev–Trinajstić information content (AvgIpc) is 2.56. The van der Waals surface area contributed by atoms with Gasteiger partial charge in [-0.1, -0.05) is 6.08 Å². The highest BCUT2D eigenvalue weighted by Crippen LogP contribution is 2.20. The fraction of sp³-hybridized carbons (Fsp3) is 0.600. The molecule has 0 aromatic rings. The van der Waals surface area contributed by atoms with Crippen molar-refractivity contribution in [3.05, 3.63) is 11.6 Å². The molecule has 11 heteroatoms. The van der Waals surface area contributed by atoms with E-state index in [4.69, 9.17) is 11.5 Å². The van der Waals surface area contributed by atoms with Crippen LogP contribution in [0.25, 0.3) is 0 Å². The predicted octanol–water partition coefficient (Wildman–Crippen LogP) is -5.05. The lowest BCUT2D eigenvalue weighted by molar-refractivity contribution is -0.646. The molecule has 0 spiro atoms. The number of amides is 4. The molecule has 0 heterocycles. The first-order chi connectivity index (χ1) is 12.1. The number of quaternary nitrogens is 1. The highest BCUT2D eigenvalue weighted by Gasteiger charge is 2.35. The molecule has 1 aliphatic rings. The topological polar surface area (TPSA) is 201 Å². The summed E-state index contributed by atoms with van der Waals surface area (Å²) in [4.78, 5) is 46.6. The Kier molecular flexibility index (Phi) is 7.68. The zero-order valence-corrected chi connectivity index (χ0v) is 14.6. The van der Waals surface area contributed by atoms with Gasteiger partial charge in [-0.2, -0.15) is 0 Å². The fourth-order valence-corrected chi connectivity index (χ4v) is 2.39. The van der Waals surface area contributed by atoms with Crippen LogP contribution in [0.3, 0.4) is 0 Å². The second-order valence-electron chi connectivity index (χ2n) is 6.21. The minimum Gasteiger partial charge on any atom is -0.390 e. The van der Waals surface area contributed by atoms with Gasteiger partial charge in [-0.3, -0.25) is 19.2 Å². The van der Waals surface area contributed by atoms with Crippen molar-refractivity contribution in [3.63, 3.8) is 0 Å². The molecule has 0 bridgehead atoms. The molecule has 0 aromatic carbocycles. The van der Waals surface area contributed by atoms with E-state index in [0.29, 0.717) is 0 Å². The van der Waals surface area contributed by atoms with Gasteiger partial charge in [0.25, 0.3) is 5.91 Å². The van der Waals surface area contributed by atoms with Crippen molar-refractivity contribution in [2.75, 3.05) is 7.05 Å². The lowest BCUT2D eigenvalue weighted by Gasteiger charge is -2.31. The molecule has 0 radical (unpaired) electrons. The third-order valence-corrected chi connectivity index (χ3v) is 4.14. The molecule has 5 atom stereocenters. The van der Waals surface area contributed by atoms with Crippen LogP contribution >= 0.6 is 0 Å². The zero-order chi connectivity index (χ0) is 20.0. The SMILES string of the molecule is C[NH2+][C@@H](C)C(=O)N[C@@H]1C=C(C(=O)N[C@H](CC(N)=O)C(N)=O)C[C@@H](O)[C@@H]1O.